The Balaban J connectivity index is 0.00000121. The van der Waals surface area contributed by atoms with Crippen molar-refractivity contribution in [3.8, 4) is 0 Å². The van der Waals surface area contributed by atoms with Crippen molar-refractivity contribution in [3.63, 3.8) is 0 Å². The van der Waals surface area contributed by atoms with Gasteiger partial charge in [0.2, 0.25) is 13.1 Å². The normalized spacial score (nSPS) is 10.4. The molecule has 134 valence electrons. The number of hydrogen-bond acceptors (Lipinski definition) is 0. The van der Waals surface area contributed by atoms with Gasteiger partial charge in [0.1, 0.15) is 0 Å². The first-order valence-electron chi connectivity index (χ1n) is 8.48. The van der Waals surface area contributed by atoms with Gasteiger partial charge in [-0.2, -0.15) is 9.13 Å². The minimum Gasteiger partial charge on any atom is -1.00 e. The molecule has 0 spiro atoms. The lowest BCUT2D eigenvalue weighted by atomic mass is 10.1. The molecule has 0 unspecified atom stereocenters. The molecule has 2 heterocycles. The van der Waals surface area contributed by atoms with Crippen LogP contribution in [0, 0.1) is 13.8 Å². The Hall–Kier alpha value is -1.78. The molecule has 2 nitrogen and oxygen atoms in total. The molecule has 2 aromatic carbocycles. The van der Waals surface area contributed by atoms with E-state index in [2.05, 4.69) is 96.0 Å². The summed E-state index contributed by atoms with van der Waals surface area (Å²) in [6.45, 7) is 6.32. The molecule has 0 atom stereocenters. The van der Waals surface area contributed by atoms with Crippen LogP contribution < -0.4 is 43.1 Å². The molecule has 0 aliphatic carbocycles. The van der Waals surface area contributed by atoms with Crippen molar-refractivity contribution in [3.05, 3.63) is 84.4 Å². The Kier molecular flexibility index (Phi) is 6.90. The summed E-state index contributed by atoms with van der Waals surface area (Å²) in [5.74, 6) is 0. The van der Waals surface area contributed by atoms with Crippen LogP contribution in [0.2, 0.25) is 0 Å². The standard InChI is InChI=1S/C22H22N2.2BrH/c1-17-13-19-7-3-5-9-21(19)15-23(17)11-12-24-16-22-10-6-4-8-20(22)14-18(24)2;;/h3-10,13-16H,11-12H2,1-2H3;2*1H/q+2;;/p-2. The van der Waals surface area contributed by atoms with Crippen molar-refractivity contribution in [2.45, 2.75) is 26.9 Å². The minimum atomic E-state index is 0. The largest absolute Gasteiger partial charge is 1.00 e. The quantitative estimate of drug-likeness (QED) is 0.301. The summed E-state index contributed by atoms with van der Waals surface area (Å²) in [4.78, 5) is 0. The maximum absolute atomic E-state index is 2.35. The zero-order valence-electron chi connectivity index (χ0n) is 15.0. The molecule has 0 aliphatic rings. The fraction of sp³-hybridized carbons (Fsp3) is 0.182. The summed E-state index contributed by atoms with van der Waals surface area (Å²) in [5, 5.41) is 5.20. The van der Waals surface area contributed by atoms with Gasteiger partial charge in [-0.1, -0.05) is 36.4 Å². The van der Waals surface area contributed by atoms with Crippen LogP contribution in [0.15, 0.2) is 73.1 Å². The summed E-state index contributed by atoms with van der Waals surface area (Å²) in [5.41, 5.74) is 2.60. The molecule has 0 amide bonds. The Bertz CT molecular complexity index is 959. The Morgan fingerprint density at radius 3 is 1.31 bits per heavy atom. The molecule has 4 aromatic rings. The van der Waals surface area contributed by atoms with E-state index in [1.807, 2.05) is 0 Å². The molecule has 0 saturated heterocycles. The van der Waals surface area contributed by atoms with Crippen LogP contribution in [0.5, 0.6) is 0 Å². The van der Waals surface area contributed by atoms with Crippen LogP contribution in [0.3, 0.4) is 0 Å². The first-order chi connectivity index (χ1) is 11.7. The molecule has 0 saturated carbocycles. The van der Waals surface area contributed by atoms with E-state index >= 15 is 0 Å². The Morgan fingerprint density at radius 1 is 0.577 bits per heavy atom. The number of nitrogens with zero attached hydrogens (tertiary/aromatic N) is 2. The van der Waals surface area contributed by atoms with Crippen molar-refractivity contribution in [2.24, 2.45) is 0 Å². The molecule has 4 rings (SSSR count). The number of halogens is 2. The van der Waals surface area contributed by atoms with E-state index < -0.39 is 0 Å². The van der Waals surface area contributed by atoms with Crippen LogP contribution in [0.25, 0.3) is 21.5 Å². The molecule has 2 aromatic heterocycles. The topological polar surface area (TPSA) is 7.76 Å². The van der Waals surface area contributed by atoms with Gasteiger partial charge in [-0.15, -0.1) is 0 Å². The molecular formula is C22H22Br2N2. The number of pyridine rings is 2. The van der Waals surface area contributed by atoms with Crippen LogP contribution in [-0.2, 0) is 13.1 Å². The summed E-state index contributed by atoms with van der Waals surface area (Å²) in [7, 11) is 0. The average molecular weight is 474 g/mol. The fourth-order valence-corrected chi connectivity index (χ4v) is 3.37. The lowest BCUT2D eigenvalue weighted by molar-refractivity contribution is -0.782. The Labute approximate surface area is 175 Å². The lowest BCUT2D eigenvalue weighted by Gasteiger charge is -2.04. The first-order valence-corrected chi connectivity index (χ1v) is 8.48. The smallest absolute Gasteiger partial charge is 0.207 e. The third-order valence-corrected chi connectivity index (χ3v) is 4.80. The van der Waals surface area contributed by atoms with Gasteiger partial charge in [0.15, 0.2) is 23.8 Å². The number of aromatic nitrogens is 2. The van der Waals surface area contributed by atoms with Gasteiger partial charge in [0.25, 0.3) is 0 Å². The number of benzene rings is 2. The zero-order valence-corrected chi connectivity index (χ0v) is 18.2. The molecular weight excluding hydrogens is 452 g/mol. The van der Waals surface area contributed by atoms with E-state index in [0.717, 1.165) is 13.1 Å². The van der Waals surface area contributed by atoms with Gasteiger partial charge in [0.05, 0.1) is 0 Å². The van der Waals surface area contributed by atoms with Crippen molar-refractivity contribution in [1.82, 2.24) is 0 Å². The van der Waals surface area contributed by atoms with Gasteiger partial charge >= 0.3 is 0 Å². The first kappa shape index (κ1) is 20.5. The second kappa shape index (κ2) is 8.74. The van der Waals surface area contributed by atoms with Gasteiger partial charge in [0, 0.05) is 36.8 Å². The molecule has 0 aliphatic heterocycles. The summed E-state index contributed by atoms with van der Waals surface area (Å²) < 4.78 is 4.70. The van der Waals surface area contributed by atoms with Crippen molar-refractivity contribution >= 4 is 21.5 Å². The van der Waals surface area contributed by atoms with E-state index in [4.69, 9.17) is 0 Å². The fourth-order valence-electron chi connectivity index (χ4n) is 3.37. The van der Waals surface area contributed by atoms with Crippen molar-refractivity contribution < 1.29 is 43.1 Å². The second-order valence-corrected chi connectivity index (χ2v) is 6.47. The number of fused-ring (bicyclic) bond motifs is 2. The highest BCUT2D eigenvalue weighted by Gasteiger charge is 2.14. The summed E-state index contributed by atoms with van der Waals surface area (Å²) in [6.07, 6.45) is 4.53. The van der Waals surface area contributed by atoms with Crippen LogP contribution in [0.4, 0.5) is 0 Å². The number of rotatable bonds is 3. The van der Waals surface area contributed by atoms with E-state index in [0.29, 0.717) is 0 Å². The van der Waals surface area contributed by atoms with E-state index in [-0.39, 0.29) is 34.0 Å². The van der Waals surface area contributed by atoms with E-state index in [1.54, 1.807) is 0 Å². The molecule has 0 radical (unpaired) electrons. The highest BCUT2D eigenvalue weighted by Crippen LogP contribution is 2.13. The molecule has 0 N–H and O–H groups in total. The molecule has 0 bridgehead atoms. The molecule has 26 heavy (non-hydrogen) atoms. The third kappa shape index (κ3) is 4.13. The maximum Gasteiger partial charge on any atom is 0.207 e. The summed E-state index contributed by atoms with van der Waals surface area (Å²) in [6, 6.07) is 21.7. The highest BCUT2D eigenvalue weighted by atomic mass is 79.9. The predicted molar refractivity (Wildman–Crippen MR) is 97.8 cm³/mol. The maximum atomic E-state index is 2.35. The van der Waals surface area contributed by atoms with Crippen molar-refractivity contribution in [2.75, 3.05) is 0 Å². The highest BCUT2D eigenvalue weighted by molar-refractivity contribution is 5.81. The molecule has 4 heteroatoms. The SMILES string of the molecule is Cc1cc2ccccc2c[n+]1CC[n+]1cc2ccccc2cc1C.[Br-].[Br-]. The summed E-state index contributed by atoms with van der Waals surface area (Å²) >= 11 is 0. The van der Waals surface area contributed by atoms with Gasteiger partial charge in [-0.3, -0.25) is 0 Å². The Morgan fingerprint density at radius 2 is 0.923 bits per heavy atom. The zero-order chi connectivity index (χ0) is 16.5. The van der Waals surface area contributed by atoms with Gasteiger partial charge < -0.3 is 34.0 Å². The van der Waals surface area contributed by atoms with Gasteiger partial charge in [-0.05, 0) is 22.9 Å². The van der Waals surface area contributed by atoms with Crippen LogP contribution in [0.1, 0.15) is 11.4 Å². The van der Waals surface area contributed by atoms with E-state index in [9.17, 15) is 0 Å². The van der Waals surface area contributed by atoms with Gasteiger partial charge in [-0.25, -0.2) is 0 Å². The number of aryl methyl sites for hydroxylation is 4. The lowest BCUT2D eigenvalue weighted by Crippen LogP contribution is -3.00. The van der Waals surface area contributed by atoms with Crippen LogP contribution in [-0.4, -0.2) is 0 Å². The van der Waals surface area contributed by atoms with E-state index in [1.165, 1.54) is 32.9 Å². The van der Waals surface area contributed by atoms with Crippen molar-refractivity contribution in [1.29, 1.82) is 0 Å². The average Bonchev–Trinajstić information content (AvgIpc) is 2.60. The monoisotopic (exact) mass is 472 g/mol. The minimum absolute atomic E-state index is 0. The second-order valence-electron chi connectivity index (χ2n) is 6.47. The third-order valence-electron chi connectivity index (χ3n) is 4.80. The van der Waals surface area contributed by atoms with Crippen LogP contribution >= 0.6 is 0 Å². The molecule has 0 fully saturated rings. The predicted octanol–water partition coefficient (Wildman–Crippen LogP) is -2.11. The number of hydrogen-bond donors (Lipinski definition) is 0.